The summed E-state index contributed by atoms with van der Waals surface area (Å²) >= 11 is 0. The maximum atomic E-state index is 11.7. The third kappa shape index (κ3) is 5.46. The Kier molecular flexibility index (Phi) is 5.17. The topological polar surface area (TPSA) is 144 Å². The minimum atomic E-state index is -3.84. The molecule has 0 fully saturated rings. The van der Waals surface area contributed by atoms with Crippen LogP contribution in [0.3, 0.4) is 0 Å². The van der Waals surface area contributed by atoms with E-state index in [1.54, 1.807) is 0 Å². The highest BCUT2D eigenvalue weighted by Crippen LogP contribution is 2.06. The highest BCUT2D eigenvalue weighted by Gasteiger charge is 2.15. The number of nitrogens with one attached hydrogen (secondary N) is 2. The van der Waals surface area contributed by atoms with Crippen molar-refractivity contribution in [3.63, 3.8) is 0 Å². The van der Waals surface area contributed by atoms with Crippen molar-refractivity contribution in [3.05, 3.63) is 12.4 Å². The summed E-state index contributed by atoms with van der Waals surface area (Å²) in [6.07, 6.45) is 2.26. The number of primary sulfonamides is 1. The summed E-state index contributed by atoms with van der Waals surface area (Å²) in [5, 5.41) is 7.58. The first-order valence-electron chi connectivity index (χ1n) is 5.30. The van der Waals surface area contributed by atoms with Crippen LogP contribution in [0.4, 0.5) is 5.95 Å². The molecule has 0 radical (unpaired) electrons. The lowest BCUT2D eigenvalue weighted by atomic mass is 10.6. The summed E-state index contributed by atoms with van der Waals surface area (Å²) in [4.78, 5) is 7.46. The first-order chi connectivity index (χ1) is 8.74. The molecule has 1 aromatic rings. The molecule has 0 aromatic carbocycles. The lowest BCUT2D eigenvalue weighted by molar-refractivity contribution is 0.580. The Morgan fingerprint density at radius 2 is 1.79 bits per heavy atom. The molecule has 11 heteroatoms. The van der Waals surface area contributed by atoms with Crippen LogP contribution in [0.5, 0.6) is 0 Å². The number of aromatic nitrogens is 2. The van der Waals surface area contributed by atoms with Crippen molar-refractivity contribution in [1.29, 1.82) is 0 Å². The molecule has 0 atom stereocenters. The van der Waals surface area contributed by atoms with Gasteiger partial charge < -0.3 is 5.32 Å². The van der Waals surface area contributed by atoms with E-state index < -0.39 is 25.8 Å². The van der Waals surface area contributed by atoms with Crippen LogP contribution in [0.25, 0.3) is 0 Å². The number of hydrogen-bond donors (Lipinski definition) is 3. The van der Waals surface area contributed by atoms with E-state index in [-0.39, 0.29) is 11.4 Å². The van der Waals surface area contributed by atoms with E-state index in [0.29, 0.717) is 12.5 Å². The van der Waals surface area contributed by atoms with Crippen molar-refractivity contribution in [3.8, 4) is 0 Å². The summed E-state index contributed by atoms with van der Waals surface area (Å²) in [7, 11) is -7.55. The van der Waals surface area contributed by atoms with Gasteiger partial charge in [0.15, 0.2) is 0 Å². The fraction of sp³-hybridized carbons (Fsp3) is 0.500. The van der Waals surface area contributed by atoms with Gasteiger partial charge in [0.05, 0.1) is 18.1 Å². The minimum absolute atomic E-state index is 0.149. The zero-order valence-corrected chi connectivity index (χ0v) is 11.8. The largest absolute Gasteiger partial charge is 0.355 e. The summed E-state index contributed by atoms with van der Waals surface area (Å²) in [5.41, 5.74) is 0. The van der Waals surface area contributed by atoms with E-state index in [1.165, 1.54) is 0 Å². The van der Waals surface area contributed by atoms with E-state index in [9.17, 15) is 16.8 Å². The number of sulfonamides is 2. The van der Waals surface area contributed by atoms with E-state index in [4.69, 9.17) is 5.14 Å². The van der Waals surface area contributed by atoms with Gasteiger partial charge in [0.2, 0.25) is 26.0 Å². The zero-order chi connectivity index (χ0) is 14.5. The molecule has 0 aliphatic rings. The number of nitrogens with two attached hydrogens (primary N) is 1. The van der Waals surface area contributed by atoms with Crippen LogP contribution in [-0.2, 0) is 20.0 Å². The number of rotatable bonds is 7. The smallest absolute Gasteiger partial charge is 0.243 e. The molecule has 19 heavy (non-hydrogen) atoms. The lowest BCUT2D eigenvalue weighted by Crippen LogP contribution is -2.31. The Balaban J connectivity index is 2.72. The zero-order valence-electron chi connectivity index (χ0n) is 10.2. The first kappa shape index (κ1) is 15.8. The summed E-state index contributed by atoms with van der Waals surface area (Å²) in [6.45, 7) is 2.15. The predicted molar refractivity (Wildman–Crippen MR) is 69.4 cm³/mol. The standard InChI is InChI=1S/C8H15N5O4S2/c1-2-10-8-11-5-7(6-12-8)19(16,17)13-3-4-18(9,14)15/h5-6,13H,2-4H2,1H3,(H2,9,14,15)(H,10,11,12). The monoisotopic (exact) mass is 309 g/mol. The van der Waals surface area contributed by atoms with Crippen LogP contribution in [-0.4, -0.2) is 45.6 Å². The lowest BCUT2D eigenvalue weighted by Gasteiger charge is -2.06. The number of anilines is 1. The van der Waals surface area contributed by atoms with Gasteiger partial charge in [-0.15, -0.1) is 0 Å². The summed E-state index contributed by atoms with van der Waals surface area (Å²) in [6, 6.07) is 0. The quantitative estimate of drug-likeness (QED) is 0.554. The molecule has 0 amide bonds. The molecule has 0 saturated heterocycles. The van der Waals surface area contributed by atoms with Crippen molar-refractivity contribution >= 4 is 26.0 Å². The van der Waals surface area contributed by atoms with Gasteiger partial charge in [0.25, 0.3) is 0 Å². The normalized spacial score (nSPS) is 12.3. The molecule has 0 bridgehead atoms. The second-order valence-electron chi connectivity index (χ2n) is 3.54. The second kappa shape index (κ2) is 6.23. The summed E-state index contributed by atoms with van der Waals surface area (Å²) in [5.74, 6) is -0.172. The molecule has 0 aliphatic carbocycles. The van der Waals surface area contributed by atoms with E-state index >= 15 is 0 Å². The minimum Gasteiger partial charge on any atom is -0.355 e. The van der Waals surface area contributed by atoms with E-state index in [1.807, 2.05) is 6.92 Å². The van der Waals surface area contributed by atoms with Gasteiger partial charge >= 0.3 is 0 Å². The average molecular weight is 309 g/mol. The van der Waals surface area contributed by atoms with Gasteiger partial charge in [-0.05, 0) is 6.92 Å². The van der Waals surface area contributed by atoms with Gasteiger partial charge in [0, 0.05) is 13.1 Å². The van der Waals surface area contributed by atoms with Crippen LogP contribution in [0.2, 0.25) is 0 Å². The second-order valence-corrected chi connectivity index (χ2v) is 7.04. The SMILES string of the molecule is CCNc1ncc(S(=O)(=O)NCCS(N)(=O)=O)cn1. The number of nitrogens with zero attached hydrogens (tertiary/aromatic N) is 2. The van der Waals surface area contributed by atoms with Crippen molar-refractivity contribution in [1.82, 2.24) is 14.7 Å². The van der Waals surface area contributed by atoms with E-state index in [0.717, 1.165) is 12.4 Å². The highest BCUT2D eigenvalue weighted by molar-refractivity contribution is 7.90. The van der Waals surface area contributed by atoms with Crippen LogP contribution in [0, 0.1) is 0 Å². The highest BCUT2D eigenvalue weighted by atomic mass is 32.2. The molecular weight excluding hydrogens is 294 g/mol. The van der Waals surface area contributed by atoms with E-state index in [2.05, 4.69) is 20.0 Å². The maximum Gasteiger partial charge on any atom is 0.243 e. The van der Waals surface area contributed by atoms with Crippen molar-refractivity contribution in [2.75, 3.05) is 24.2 Å². The van der Waals surface area contributed by atoms with Crippen LogP contribution >= 0.6 is 0 Å². The van der Waals surface area contributed by atoms with Gasteiger partial charge in [-0.3, -0.25) is 0 Å². The number of hydrogen-bond acceptors (Lipinski definition) is 7. The average Bonchev–Trinajstić information content (AvgIpc) is 2.28. The third-order valence-corrected chi connectivity index (χ3v) is 4.14. The van der Waals surface area contributed by atoms with Crippen molar-refractivity contribution in [2.45, 2.75) is 11.8 Å². The molecule has 108 valence electrons. The Morgan fingerprint density at radius 1 is 1.21 bits per heavy atom. The third-order valence-electron chi connectivity index (χ3n) is 1.95. The Morgan fingerprint density at radius 3 is 2.26 bits per heavy atom. The van der Waals surface area contributed by atoms with Crippen molar-refractivity contribution in [2.24, 2.45) is 5.14 Å². The maximum absolute atomic E-state index is 11.7. The molecule has 9 nitrogen and oxygen atoms in total. The predicted octanol–water partition coefficient (Wildman–Crippen LogP) is -1.52. The Labute approximate surface area is 111 Å². The molecule has 0 unspecified atom stereocenters. The first-order valence-corrected chi connectivity index (χ1v) is 8.50. The molecule has 4 N–H and O–H groups in total. The Hall–Kier alpha value is -1.30. The summed E-state index contributed by atoms with van der Waals surface area (Å²) < 4.78 is 46.9. The van der Waals surface area contributed by atoms with Gasteiger partial charge in [0.1, 0.15) is 4.90 Å². The van der Waals surface area contributed by atoms with Crippen LogP contribution in [0.15, 0.2) is 17.3 Å². The molecule has 0 saturated carbocycles. The molecule has 0 aliphatic heterocycles. The Bertz CT molecular complexity index is 611. The fourth-order valence-electron chi connectivity index (χ4n) is 1.11. The molecule has 1 aromatic heterocycles. The molecule has 1 rings (SSSR count). The van der Waals surface area contributed by atoms with Crippen molar-refractivity contribution < 1.29 is 16.8 Å². The molecule has 0 spiro atoms. The van der Waals surface area contributed by atoms with Gasteiger partial charge in [-0.2, -0.15) is 0 Å². The van der Waals surface area contributed by atoms with Gasteiger partial charge in [-0.1, -0.05) is 0 Å². The fourth-order valence-corrected chi connectivity index (χ4v) is 2.54. The molecule has 1 heterocycles. The van der Waals surface area contributed by atoms with Gasteiger partial charge in [-0.25, -0.2) is 36.7 Å². The molecular formula is C8H15N5O4S2. The van der Waals surface area contributed by atoms with Crippen LogP contribution < -0.4 is 15.2 Å². The van der Waals surface area contributed by atoms with Crippen LogP contribution in [0.1, 0.15) is 6.92 Å².